The van der Waals surface area contributed by atoms with Crippen molar-refractivity contribution < 1.29 is 32.7 Å². The second kappa shape index (κ2) is 3.82. The van der Waals surface area contributed by atoms with Crippen molar-refractivity contribution in [3.8, 4) is 0 Å². The van der Waals surface area contributed by atoms with E-state index < -0.39 is 0 Å². The van der Waals surface area contributed by atoms with Crippen molar-refractivity contribution in [1.29, 1.82) is 0 Å². The first-order valence-corrected chi connectivity index (χ1v) is 3.85. The number of hydrogen-bond donors (Lipinski definition) is 1. The molecule has 0 unspecified atom stereocenters. The smallest absolute Gasteiger partial charge is 0 e. The summed E-state index contributed by atoms with van der Waals surface area (Å²) in [5.74, 6) is 0. The van der Waals surface area contributed by atoms with E-state index in [-0.39, 0.29) is 43.8 Å². The van der Waals surface area contributed by atoms with Crippen LogP contribution in [0.25, 0.3) is 5.32 Å². The Morgan fingerprint density at radius 3 is 2.00 bits per heavy atom. The van der Waals surface area contributed by atoms with E-state index in [1.807, 2.05) is 0 Å². The second-order valence-corrected chi connectivity index (χ2v) is 4.37. The Hall–Kier alpha value is 1.02. The Kier molecular flexibility index (Phi) is 4.18. The van der Waals surface area contributed by atoms with Gasteiger partial charge in [-0.15, -0.1) is 12.1 Å². The summed E-state index contributed by atoms with van der Waals surface area (Å²) in [5, 5.41) is 8.01. The van der Waals surface area contributed by atoms with Gasteiger partial charge in [-0.2, -0.15) is 0 Å². The van der Waals surface area contributed by atoms with Gasteiger partial charge in [0, 0.05) is 32.7 Å². The SMILES string of the molecule is CC1(C)CNC(C)(C)C[N-]1.[Y]. The van der Waals surface area contributed by atoms with Gasteiger partial charge in [-0.1, -0.05) is 13.8 Å². The quantitative estimate of drug-likeness (QED) is 0.670. The fraction of sp³-hybridized carbons (Fsp3) is 1.00. The molecule has 1 radical (unpaired) electrons. The number of rotatable bonds is 0. The Bertz CT molecular complexity index is 104. The predicted octanol–water partition coefficient (Wildman–Crippen LogP) is 1.52. The molecule has 1 heterocycles. The van der Waals surface area contributed by atoms with E-state index in [2.05, 4.69) is 38.3 Å². The van der Waals surface area contributed by atoms with E-state index >= 15 is 0 Å². The molecule has 3 heteroatoms. The first-order valence-electron chi connectivity index (χ1n) is 3.85. The van der Waals surface area contributed by atoms with Crippen LogP contribution in [0.3, 0.4) is 0 Å². The van der Waals surface area contributed by atoms with Crippen LogP contribution in [0.5, 0.6) is 0 Å². The fourth-order valence-electron chi connectivity index (χ4n) is 0.979. The molecule has 0 bridgehead atoms. The summed E-state index contributed by atoms with van der Waals surface area (Å²) >= 11 is 0. The van der Waals surface area contributed by atoms with E-state index in [4.69, 9.17) is 0 Å². The number of nitrogens with one attached hydrogen (secondary N) is 1. The van der Waals surface area contributed by atoms with Crippen LogP contribution in [0.2, 0.25) is 0 Å². The Morgan fingerprint density at radius 2 is 1.73 bits per heavy atom. The molecular formula is C8H17N2Y-. The summed E-state index contributed by atoms with van der Waals surface area (Å²) in [7, 11) is 0. The van der Waals surface area contributed by atoms with Crippen LogP contribution < -0.4 is 5.32 Å². The summed E-state index contributed by atoms with van der Waals surface area (Å²) in [6, 6.07) is 0. The molecule has 63 valence electrons. The van der Waals surface area contributed by atoms with Gasteiger partial charge in [0.1, 0.15) is 0 Å². The van der Waals surface area contributed by atoms with Crippen LogP contribution in [0.4, 0.5) is 0 Å². The third-order valence-electron chi connectivity index (χ3n) is 1.90. The summed E-state index contributed by atoms with van der Waals surface area (Å²) in [6.45, 7) is 10.6. The minimum atomic E-state index is 0. The zero-order valence-corrected chi connectivity index (χ0v) is 10.8. The first-order chi connectivity index (χ1) is 4.41. The van der Waals surface area contributed by atoms with Gasteiger partial charge >= 0.3 is 0 Å². The molecule has 11 heavy (non-hydrogen) atoms. The van der Waals surface area contributed by atoms with Crippen molar-refractivity contribution in [3.63, 3.8) is 0 Å². The average Bonchev–Trinajstić information content (AvgIpc) is 1.79. The maximum absolute atomic E-state index is 4.55. The number of nitrogens with zero attached hydrogens (tertiary/aromatic N) is 1. The summed E-state index contributed by atoms with van der Waals surface area (Å²) in [4.78, 5) is 0. The molecule has 0 aliphatic carbocycles. The molecule has 0 saturated carbocycles. The zero-order valence-electron chi connectivity index (χ0n) is 7.94. The molecule has 1 fully saturated rings. The van der Waals surface area contributed by atoms with Gasteiger partial charge in [0.2, 0.25) is 0 Å². The van der Waals surface area contributed by atoms with Crippen molar-refractivity contribution in [2.24, 2.45) is 0 Å². The van der Waals surface area contributed by atoms with Gasteiger partial charge in [0.15, 0.2) is 0 Å². The maximum Gasteiger partial charge on any atom is 0 e. The van der Waals surface area contributed by atoms with Crippen molar-refractivity contribution in [1.82, 2.24) is 5.32 Å². The monoisotopic (exact) mass is 230 g/mol. The van der Waals surface area contributed by atoms with E-state index in [1.165, 1.54) is 0 Å². The van der Waals surface area contributed by atoms with E-state index in [0.717, 1.165) is 13.1 Å². The molecule has 1 saturated heterocycles. The molecular weight excluding hydrogens is 213 g/mol. The Labute approximate surface area is 94.8 Å². The van der Waals surface area contributed by atoms with Gasteiger partial charge < -0.3 is 10.6 Å². The molecule has 0 aromatic carbocycles. The third kappa shape index (κ3) is 3.98. The molecule has 1 aliphatic rings. The standard InChI is InChI=1S/C8H17N2.Y/c1-7(2)5-10-8(3,4)6-9-7;/h9H,5-6H2,1-4H3;/q-1;. The third-order valence-corrected chi connectivity index (χ3v) is 1.90. The topological polar surface area (TPSA) is 26.1 Å². The second-order valence-electron chi connectivity index (χ2n) is 4.37. The van der Waals surface area contributed by atoms with Gasteiger partial charge in [-0.05, 0) is 25.9 Å². The fourth-order valence-corrected chi connectivity index (χ4v) is 0.979. The van der Waals surface area contributed by atoms with Gasteiger partial charge in [-0.25, -0.2) is 0 Å². The minimum Gasteiger partial charge on any atom is -0.655 e. The van der Waals surface area contributed by atoms with Crippen molar-refractivity contribution in [2.45, 2.75) is 38.8 Å². The van der Waals surface area contributed by atoms with E-state index in [0.29, 0.717) is 0 Å². The molecule has 0 aromatic heterocycles. The molecule has 1 aliphatic heterocycles. The van der Waals surface area contributed by atoms with Crippen molar-refractivity contribution >= 4 is 0 Å². The predicted molar refractivity (Wildman–Crippen MR) is 44.4 cm³/mol. The molecule has 2 nitrogen and oxygen atoms in total. The summed E-state index contributed by atoms with van der Waals surface area (Å²) in [5.41, 5.74) is 0.366. The van der Waals surface area contributed by atoms with Gasteiger partial charge in [0.05, 0.1) is 0 Å². The van der Waals surface area contributed by atoms with E-state index in [9.17, 15) is 0 Å². The van der Waals surface area contributed by atoms with Crippen LogP contribution in [-0.2, 0) is 32.7 Å². The summed E-state index contributed by atoms with van der Waals surface area (Å²) in [6.07, 6.45) is 0. The van der Waals surface area contributed by atoms with Gasteiger partial charge in [-0.3, -0.25) is 0 Å². The zero-order chi connectivity index (χ0) is 7.83. The van der Waals surface area contributed by atoms with Crippen LogP contribution in [-0.4, -0.2) is 24.2 Å². The number of hydrogen-bond acceptors (Lipinski definition) is 1. The Balaban J connectivity index is 0.000001000. The number of piperazine rings is 1. The Morgan fingerprint density at radius 1 is 1.18 bits per heavy atom. The van der Waals surface area contributed by atoms with Crippen molar-refractivity contribution in [3.05, 3.63) is 5.32 Å². The van der Waals surface area contributed by atoms with Crippen LogP contribution in [0, 0.1) is 0 Å². The average molecular weight is 230 g/mol. The van der Waals surface area contributed by atoms with E-state index in [1.54, 1.807) is 0 Å². The summed E-state index contributed by atoms with van der Waals surface area (Å²) < 4.78 is 0. The molecule has 0 aromatic rings. The molecule has 0 spiro atoms. The van der Waals surface area contributed by atoms with Crippen molar-refractivity contribution in [2.75, 3.05) is 13.1 Å². The molecule has 0 amide bonds. The van der Waals surface area contributed by atoms with Gasteiger partial charge in [0.25, 0.3) is 0 Å². The molecule has 1 N–H and O–H groups in total. The molecule has 0 atom stereocenters. The normalized spacial score (nSPS) is 27.3. The molecule has 1 rings (SSSR count). The van der Waals surface area contributed by atoms with Crippen LogP contribution >= 0.6 is 0 Å². The minimum absolute atomic E-state index is 0. The maximum atomic E-state index is 4.55. The van der Waals surface area contributed by atoms with Crippen LogP contribution in [0.1, 0.15) is 27.7 Å². The van der Waals surface area contributed by atoms with Crippen LogP contribution in [0.15, 0.2) is 0 Å². The first kappa shape index (κ1) is 12.0. The largest absolute Gasteiger partial charge is 0.655 e.